The summed E-state index contributed by atoms with van der Waals surface area (Å²) in [4.78, 5) is 10.5. The number of nitro benzene ring substituents is 1. The van der Waals surface area contributed by atoms with E-state index in [0.29, 0.717) is 12.4 Å². The average Bonchev–Trinajstić information content (AvgIpc) is 2.28. The van der Waals surface area contributed by atoms with Gasteiger partial charge in [0.25, 0.3) is 0 Å². The molecule has 0 saturated carbocycles. The van der Waals surface area contributed by atoms with Crippen LogP contribution in [0.5, 0.6) is 5.75 Å². The minimum atomic E-state index is -0.407. The molecule has 0 spiro atoms. The van der Waals surface area contributed by atoms with Crippen molar-refractivity contribution in [2.75, 3.05) is 13.2 Å². The summed E-state index contributed by atoms with van der Waals surface area (Å²) in [7, 11) is 0. The Morgan fingerprint density at radius 3 is 2.63 bits per heavy atom. The molecule has 19 heavy (non-hydrogen) atoms. The van der Waals surface area contributed by atoms with Crippen LogP contribution in [0.1, 0.15) is 32.8 Å². The summed E-state index contributed by atoms with van der Waals surface area (Å²) in [5.74, 6) is 0.378. The topological polar surface area (TPSA) is 64.4 Å². The van der Waals surface area contributed by atoms with Crippen molar-refractivity contribution in [1.29, 1.82) is 0 Å². The average molecular weight is 266 g/mol. The van der Waals surface area contributed by atoms with E-state index >= 15 is 0 Å². The molecule has 5 heteroatoms. The van der Waals surface area contributed by atoms with Crippen molar-refractivity contribution in [3.63, 3.8) is 0 Å². The van der Waals surface area contributed by atoms with Gasteiger partial charge in [-0.1, -0.05) is 12.1 Å². The van der Waals surface area contributed by atoms with Crippen molar-refractivity contribution < 1.29 is 9.66 Å². The molecule has 0 aliphatic heterocycles. The maximum absolute atomic E-state index is 10.9. The fourth-order valence-corrected chi connectivity index (χ4v) is 1.68. The molecule has 0 heterocycles. The van der Waals surface area contributed by atoms with E-state index in [-0.39, 0.29) is 11.2 Å². The highest BCUT2D eigenvalue weighted by molar-refractivity contribution is 5.51. The number of hydrogen-bond donors (Lipinski definition) is 1. The van der Waals surface area contributed by atoms with Gasteiger partial charge in [-0.3, -0.25) is 10.1 Å². The molecule has 1 aromatic carbocycles. The number of para-hydroxylation sites is 1. The van der Waals surface area contributed by atoms with Crippen molar-refractivity contribution in [3.05, 3.63) is 33.9 Å². The Labute approximate surface area is 114 Å². The van der Waals surface area contributed by atoms with E-state index in [9.17, 15) is 10.1 Å². The largest absolute Gasteiger partial charge is 0.487 e. The lowest BCUT2D eigenvalue weighted by molar-refractivity contribution is -0.385. The highest BCUT2D eigenvalue weighted by atomic mass is 16.6. The number of rotatable bonds is 6. The van der Waals surface area contributed by atoms with Crippen LogP contribution in [-0.4, -0.2) is 23.6 Å². The lowest BCUT2D eigenvalue weighted by Crippen LogP contribution is -2.36. The number of nitro groups is 1. The van der Waals surface area contributed by atoms with Gasteiger partial charge in [-0.05, 0) is 46.2 Å². The van der Waals surface area contributed by atoms with Crippen LogP contribution in [0.3, 0.4) is 0 Å². The van der Waals surface area contributed by atoms with Crippen LogP contribution in [0.15, 0.2) is 18.2 Å². The molecule has 0 fully saturated rings. The summed E-state index contributed by atoms with van der Waals surface area (Å²) in [6.45, 7) is 9.40. The van der Waals surface area contributed by atoms with Gasteiger partial charge in [0.05, 0.1) is 11.5 Å². The van der Waals surface area contributed by atoms with E-state index < -0.39 is 4.92 Å². The van der Waals surface area contributed by atoms with Crippen LogP contribution in [-0.2, 0) is 0 Å². The highest BCUT2D eigenvalue weighted by Gasteiger charge is 2.16. The second-order valence-corrected chi connectivity index (χ2v) is 5.56. The van der Waals surface area contributed by atoms with Crippen molar-refractivity contribution in [1.82, 2.24) is 5.32 Å². The molecular formula is C14H22N2O3. The zero-order chi connectivity index (χ0) is 14.5. The summed E-state index contributed by atoms with van der Waals surface area (Å²) in [6.07, 6.45) is 0.808. The van der Waals surface area contributed by atoms with Crippen LogP contribution in [0.25, 0.3) is 0 Å². The first-order valence-corrected chi connectivity index (χ1v) is 6.43. The zero-order valence-corrected chi connectivity index (χ0v) is 12.0. The number of ether oxygens (including phenoxy) is 1. The zero-order valence-electron chi connectivity index (χ0n) is 12.0. The highest BCUT2D eigenvalue weighted by Crippen LogP contribution is 2.30. The van der Waals surface area contributed by atoms with Gasteiger partial charge in [0, 0.05) is 11.6 Å². The molecule has 0 aliphatic carbocycles. The second-order valence-electron chi connectivity index (χ2n) is 5.56. The van der Waals surface area contributed by atoms with Gasteiger partial charge < -0.3 is 10.1 Å². The Morgan fingerprint density at radius 2 is 2.05 bits per heavy atom. The van der Waals surface area contributed by atoms with Gasteiger partial charge in [-0.15, -0.1) is 0 Å². The summed E-state index contributed by atoms with van der Waals surface area (Å²) < 4.78 is 5.56. The molecule has 0 aliphatic rings. The first-order chi connectivity index (χ1) is 8.81. The molecule has 0 atom stereocenters. The van der Waals surface area contributed by atoms with Crippen molar-refractivity contribution >= 4 is 5.69 Å². The summed E-state index contributed by atoms with van der Waals surface area (Å²) in [5, 5.41) is 14.3. The summed E-state index contributed by atoms with van der Waals surface area (Å²) in [6, 6.07) is 4.95. The first-order valence-electron chi connectivity index (χ1n) is 6.43. The summed E-state index contributed by atoms with van der Waals surface area (Å²) >= 11 is 0. The minimum Gasteiger partial charge on any atom is -0.487 e. The third-order valence-electron chi connectivity index (χ3n) is 2.61. The fraction of sp³-hybridized carbons (Fsp3) is 0.571. The van der Waals surface area contributed by atoms with Crippen molar-refractivity contribution in [2.24, 2.45) is 0 Å². The third kappa shape index (κ3) is 5.26. The van der Waals surface area contributed by atoms with E-state index in [1.54, 1.807) is 6.07 Å². The molecule has 0 unspecified atom stereocenters. The number of aryl methyl sites for hydroxylation is 1. The Balaban J connectivity index is 2.52. The standard InChI is InChI=1S/C14H22N2O3/c1-11-7-5-8-12(16(17)18)13(11)19-10-6-9-15-14(2,3)4/h5,7-8,15H,6,9-10H2,1-4H3. The second kappa shape index (κ2) is 6.52. The van der Waals surface area contributed by atoms with Crippen LogP contribution >= 0.6 is 0 Å². The van der Waals surface area contributed by atoms with Crippen LogP contribution < -0.4 is 10.1 Å². The molecule has 1 N–H and O–H groups in total. The van der Waals surface area contributed by atoms with E-state index in [0.717, 1.165) is 18.5 Å². The predicted octanol–water partition coefficient (Wildman–Crippen LogP) is 3.06. The molecule has 0 aromatic heterocycles. The van der Waals surface area contributed by atoms with Crippen LogP contribution in [0.2, 0.25) is 0 Å². The van der Waals surface area contributed by atoms with Crippen molar-refractivity contribution in [2.45, 2.75) is 39.7 Å². The summed E-state index contributed by atoms with van der Waals surface area (Å²) in [5.41, 5.74) is 0.899. The normalized spacial score (nSPS) is 11.4. The molecule has 0 bridgehead atoms. The van der Waals surface area contributed by atoms with Gasteiger partial charge in [-0.25, -0.2) is 0 Å². The molecule has 0 amide bonds. The molecular weight excluding hydrogens is 244 g/mol. The number of hydrogen-bond acceptors (Lipinski definition) is 4. The Bertz CT molecular complexity index is 439. The van der Waals surface area contributed by atoms with Gasteiger partial charge in [0.2, 0.25) is 0 Å². The molecule has 1 aromatic rings. The van der Waals surface area contributed by atoms with Gasteiger partial charge in [0.1, 0.15) is 0 Å². The Morgan fingerprint density at radius 1 is 1.37 bits per heavy atom. The SMILES string of the molecule is Cc1cccc([N+](=O)[O-])c1OCCCNC(C)(C)C. The minimum absolute atomic E-state index is 0.0313. The lowest BCUT2D eigenvalue weighted by Gasteiger charge is -2.20. The molecule has 5 nitrogen and oxygen atoms in total. The molecule has 1 rings (SSSR count). The van der Waals surface area contributed by atoms with E-state index in [2.05, 4.69) is 26.1 Å². The Kier molecular flexibility index (Phi) is 5.30. The number of benzene rings is 1. The van der Waals surface area contributed by atoms with Gasteiger partial charge in [0.15, 0.2) is 5.75 Å². The van der Waals surface area contributed by atoms with E-state index in [1.807, 2.05) is 13.0 Å². The van der Waals surface area contributed by atoms with Gasteiger partial charge >= 0.3 is 5.69 Å². The lowest BCUT2D eigenvalue weighted by atomic mass is 10.1. The third-order valence-corrected chi connectivity index (χ3v) is 2.61. The first kappa shape index (κ1) is 15.4. The number of nitrogens with one attached hydrogen (secondary N) is 1. The maximum Gasteiger partial charge on any atom is 0.311 e. The predicted molar refractivity (Wildman–Crippen MR) is 75.7 cm³/mol. The van der Waals surface area contributed by atoms with Crippen LogP contribution in [0.4, 0.5) is 5.69 Å². The molecule has 0 saturated heterocycles. The quantitative estimate of drug-likeness (QED) is 0.488. The van der Waals surface area contributed by atoms with Crippen LogP contribution in [0, 0.1) is 17.0 Å². The van der Waals surface area contributed by atoms with Gasteiger partial charge in [-0.2, -0.15) is 0 Å². The Hall–Kier alpha value is -1.62. The fourth-order valence-electron chi connectivity index (χ4n) is 1.68. The number of nitrogens with zero attached hydrogens (tertiary/aromatic N) is 1. The van der Waals surface area contributed by atoms with E-state index in [1.165, 1.54) is 6.07 Å². The smallest absolute Gasteiger partial charge is 0.311 e. The maximum atomic E-state index is 10.9. The van der Waals surface area contributed by atoms with E-state index in [4.69, 9.17) is 4.74 Å². The molecule has 0 radical (unpaired) electrons. The van der Waals surface area contributed by atoms with Crippen molar-refractivity contribution in [3.8, 4) is 5.75 Å². The molecule has 106 valence electrons. The monoisotopic (exact) mass is 266 g/mol.